The molecule has 0 aromatic heterocycles. The Morgan fingerprint density at radius 1 is 1.33 bits per heavy atom. The van der Waals surface area contributed by atoms with Gasteiger partial charge in [0.05, 0.1) is 0 Å². The average Bonchev–Trinajstić information content (AvgIpc) is 2.00. The Balaban J connectivity index is 4.02. The van der Waals surface area contributed by atoms with E-state index in [1.54, 1.807) is 6.92 Å². The first-order chi connectivity index (χ1) is 5.44. The third-order valence-corrected chi connectivity index (χ3v) is 2.11. The molecule has 0 rings (SSSR count). The molecule has 0 heterocycles. The van der Waals surface area contributed by atoms with Crippen molar-refractivity contribution in [1.82, 2.24) is 0 Å². The maximum Gasteiger partial charge on any atom is 0.307 e. The van der Waals surface area contributed by atoms with Gasteiger partial charge in [-0.05, 0) is 5.92 Å². The van der Waals surface area contributed by atoms with Crippen molar-refractivity contribution >= 4 is 11.6 Å². The van der Waals surface area contributed by atoms with E-state index in [4.69, 9.17) is 11.6 Å². The molecule has 0 saturated heterocycles. The van der Waals surface area contributed by atoms with Crippen molar-refractivity contribution in [1.29, 1.82) is 0 Å². The molecule has 1 atom stereocenters. The average molecular weight is 207 g/mol. The molecular formula is C7H11ClF4. The highest BCUT2D eigenvalue weighted by atomic mass is 35.5. The molecule has 0 bridgehead atoms. The van der Waals surface area contributed by atoms with Gasteiger partial charge in [0.15, 0.2) is 0 Å². The van der Waals surface area contributed by atoms with Gasteiger partial charge in [0.1, 0.15) is 0 Å². The summed E-state index contributed by atoms with van der Waals surface area (Å²) >= 11 is 5.30. The molecular weight excluding hydrogens is 196 g/mol. The normalized spacial score (nSPS) is 15.2. The number of rotatable bonds is 5. The first kappa shape index (κ1) is 12.0. The highest BCUT2D eigenvalue weighted by molar-refractivity contribution is 6.18. The Kier molecular flexibility index (Phi) is 4.90. The van der Waals surface area contributed by atoms with Crippen LogP contribution in [0.15, 0.2) is 0 Å². The van der Waals surface area contributed by atoms with Gasteiger partial charge in [-0.3, -0.25) is 0 Å². The molecule has 0 aromatic rings. The quantitative estimate of drug-likeness (QED) is 0.477. The van der Waals surface area contributed by atoms with E-state index in [-0.39, 0.29) is 5.88 Å². The van der Waals surface area contributed by atoms with Gasteiger partial charge < -0.3 is 0 Å². The fourth-order valence-corrected chi connectivity index (χ4v) is 1.11. The van der Waals surface area contributed by atoms with E-state index in [1.807, 2.05) is 0 Å². The summed E-state index contributed by atoms with van der Waals surface area (Å²) in [5.41, 5.74) is 0. The number of alkyl halides is 5. The van der Waals surface area contributed by atoms with Crippen LogP contribution in [0.1, 0.15) is 19.8 Å². The second-order valence-electron chi connectivity index (χ2n) is 2.69. The Bertz CT molecular complexity index is 123. The zero-order valence-corrected chi connectivity index (χ0v) is 7.42. The van der Waals surface area contributed by atoms with Gasteiger partial charge >= 0.3 is 12.3 Å². The van der Waals surface area contributed by atoms with E-state index in [0.717, 1.165) is 0 Å². The van der Waals surface area contributed by atoms with Crippen LogP contribution in [0.2, 0.25) is 0 Å². The minimum Gasteiger partial charge on any atom is -0.204 e. The van der Waals surface area contributed by atoms with E-state index in [2.05, 4.69) is 0 Å². The van der Waals surface area contributed by atoms with Crippen LogP contribution in [0.3, 0.4) is 0 Å². The Hall–Kier alpha value is 0.01000. The highest BCUT2D eigenvalue weighted by Gasteiger charge is 2.41. The van der Waals surface area contributed by atoms with E-state index in [9.17, 15) is 17.6 Å². The summed E-state index contributed by atoms with van der Waals surface area (Å²) in [4.78, 5) is 0. The Morgan fingerprint density at radius 2 is 1.83 bits per heavy atom. The molecule has 0 aliphatic rings. The lowest BCUT2D eigenvalue weighted by Crippen LogP contribution is -2.29. The first-order valence-electron chi connectivity index (χ1n) is 3.66. The van der Waals surface area contributed by atoms with Crippen LogP contribution in [0.4, 0.5) is 17.6 Å². The molecule has 0 saturated carbocycles. The summed E-state index contributed by atoms with van der Waals surface area (Å²) in [6.07, 6.45) is -4.02. The minimum atomic E-state index is -3.89. The molecule has 12 heavy (non-hydrogen) atoms. The van der Waals surface area contributed by atoms with Crippen LogP contribution in [0, 0.1) is 5.92 Å². The summed E-state index contributed by atoms with van der Waals surface area (Å²) < 4.78 is 48.0. The van der Waals surface area contributed by atoms with Crippen LogP contribution in [0.25, 0.3) is 0 Å². The fraction of sp³-hybridized carbons (Fsp3) is 1.00. The summed E-state index contributed by atoms with van der Waals surface area (Å²) in [5.74, 6) is -4.43. The predicted molar refractivity (Wildman–Crippen MR) is 40.1 cm³/mol. The number of hydrogen-bond donors (Lipinski definition) is 0. The molecule has 0 aromatic carbocycles. The molecule has 0 radical (unpaired) electrons. The van der Waals surface area contributed by atoms with E-state index < -0.39 is 24.7 Å². The van der Waals surface area contributed by atoms with Gasteiger partial charge in [-0.25, -0.2) is 17.6 Å². The van der Waals surface area contributed by atoms with Gasteiger partial charge in [0.25, 0.3) is 0 Å². The summed E-state index contributed by atoms with van der Waals surface area (Å²) in [7, 11) is 0. The molecule has 0 aliphatic carbocycles. The molecule has 74 valence electrons. The molecule has 0 amide bonds. The lowest BCUT2D eigenvalue weighted by atomic mass is 10.0. The summed E-state index contributed by atoms with van der Waals surface area (Å²) in [6, 6.07) is 0. The van der Waals surface area contributed by atoms with Gasteiger partial charge in [0, 0.05) is 12.3 Å². The predicted octanol–water partition coefficient (Wildman–Crippen LogP) is 3.54. The van der Waals surface area contributed by atoms with Gasteiger partial charge in [0.2, 0.25) is 0 Å². The van der Waals surface area contributed by atoms with Crippen molar-refractivity contribution < 1.29 is 17.6 Å². The summed E-state index contributed by atoms with van der Waals surface area (Å²) in [5, 5.41) is 0. The maximum atomic E-state index is 12.4. The third-order valence-electron chi connectivity index (χ3n) is 1.68. The molecule has 0 aliphatic heterocycles. The van der Waals surface area contributed by atoms with Crippen LogP contribution in [0.5, 0.6) is 0 Å². The molecule has 0 fully saturated rings. The highest BCUT2D eigenvalue weighted by Crippen LogP contribution is 2.31. The van der Waals surface area contributed by atoms with Crippen molar-refractivity contribution in [3.8, 4) is 0 Å². The second kappa shape index (κ2) is 4.90. The standard InChI is InChI=1S/C7H11ClF4/c1-2-5(4-8)3-7(11,12)6(9)10/h5-6H,2-4H2,1H3. The van der Waals surface area contributed by atoms with Crippen LogP contribution in [-0.4, -0.2) is 18.2 Å². The van der Waals surface area contributed by atoms with Crippen molar-refractivity contribution in [2.45, 2.75) is 32.1 Å². The fourth-order valence-electron chi connectivity index (χ4n) is 0.782. The lowest BCUT2D eigenvalue weighted by Gasteiger charge is -2.19. The molecule has 5 heteroatoms. The Morgan fingerprint density at radius 3 is 2.08 bits per heavy atom. The molecule has 1 unspecified atom stereocenters. The van der Waals surface area contributed by atoms with Gasteiger partial charge in [-0.2, -0.15) is 0 Å². The Labute approximate surface area is 73.9 Å². The van der Waals surface area contributed by atoms with Crippen LogP contribution in [-0.2, 0) is 0 Å². The van der Waals surface area contributed by atoms with Gasteiger partial charge in [-0.15, -0.1) is 11.6 Å². The first-order valence-corrected chi connectivity index (χ1v) is 4.19. The largest absolute Gasteiger partial charge is 0.307 e. The van der Waals surface area contributed by atoms with E-state index in [0.29, 0.717) is 6.42 Å². The van der Waals surface area contributed by atoms with Crippen molar-refractivity contribution in [3.63, 3.8) is 0 Å². The van der Waals surface area contributed by atoms with Crippen LogP contribution < -0.4 is 0 Å². The van der Waals surface area contributed by atoms with E-state index >= 15 is 0 Å². The third kappa shape index (κ3) is 3.61. The monoisotopic (exact) mass is 206 g/mol. The second-order valence-corrected chi connectivity index (χ2v) is 3.00. The maximum absolute atomic E-state index is 12.4. The van der Waals surface area contributed by atoms with Crippen molar-refractivity contribution in [2.75, 3.05) is 5.88 Å². The number of hydrogen-bond acceptors (Lipinski definition) is 0. The molecule has 0 spiro atoms. The topological polar surface area (TPSA) is 0 Å². The SMILES string of the molecule is CCC(CCl)CC(F)(F)C(F)F. The molecule has 0 nitrogen and oxygen atoms in total. The van der Waals surface area contributed by atoms with Crippen molar-refractivity contribution in [2.24, 2.45) is 5.92 Å². The van der Waals surface area contributed by atoms with E-state index in [1.165, 1.54) is 0 Å². The number of halogens is 5. The summed E-state index contributed by atoms with van der Waals surface area (Å²) in [6.45, 7) is 1.65. The zero-order chi connectivity index (χ0) is 9.78. The zero-order valence-electron chi connectivity index (χ0n) is 6.67. The van der Waals surface area contributed by atoms with Crippen molar-refractivity contribution in [3.05, 3.63) is 0 Å². The minimum absolute atomic E-state index is 0.00118. The van der Waals surface area contributed by atoms with Crippen LogP contribution >= 0.6 is 11.6 Å². The lowest BCUT2D eigenvalue weighted by molar-refractivity contribution is -0.139. The smallest absolute Gasteiger partial charge is 0.204 e. The van der Waals surface area contributed by atoms with Gasteiger partial charge in [-0.1, -0.05) is 13.3 Å². The molecule has 0 N–H and O–H groups in total.